The van der Waals surface area contributed by atoms with Gasteiger partial charge in [0.15, 0.2) is 11.5 Å². The molecule has 0 saturated carbocycles. The summed E-state index contributed by atoms with van der Waals surface area (Å²) in [6.07, 6.45) is 2.73. The monoisotopic (exact) mass is 331 g/mol. The van der Waals surface area contributed by atoms with Gasteiger partial charge >= 0.3 is 0 Å². The van der Waals surface area contributed by atoms with E-state index in [2.05, 4.69) is 21.2 Å². The van der Waals surface area contributed by atoms with E-state index in [9.17, 15) is 4.79 Å². The molecule has 0 aliphatic carbocycles. The van der Waals surface area contributed by atoms with Crippen molar-refractivity contribution in [3.63, 3.8) is 0 Å². The van der Waals surface area contributed by atoms with Crippen LogP contribution in [0.25, 0.3) is 0 Å². The molecular formula is C18H25N3O3. The Morgan fingerprint density at radius 3 is 2.88 bits per heavy atom. The van der Waals surface area contributed by atoms with E-state index in [1.54, 1.807) is 0 Å². The molecule has 1 N–H and O–H groups in total. The molecular weight excluding hydrogens is 306 g/mol. The first-order valence-electron chi connectivity index (χ1n) is 8.90. The van der Waals surface area contributed by atoms with Crippen LogP contribution in [-0.4, -0.2) is 61.3 Å². The van der Waals surface area contributed by atoms with Gasteiger partial charge in [-0.2, -0.15) is 0 Å². The second-order valence-electron chi connectivity index (χ2n) is 6.79. The van der Waals surface area contributed by atoms with E-state index in [1.165, 1.54) is 5.56 Å². The van der Waals surface area contributed by atoms with Crippen molar-refractivity contribution >= 4 is 5.91 Å². The standard InChI is InChI=1S/C18H25N3O3/c22-17-5-4-15(6-7-19-17)21-10-8-20(9-11-21)12-14-2-1-3-16-18(14)24-13-23-16/h1-3,15H,4-13H2,(H,19,22)/t15-/m1/s1. The summed E-state index contributed by atoms with van der Waals surface area (Å²) >= 11 is 0. The van der Waals surface area contributed by atoms with Crippen molar-refractivity contribution in [3.05, 3.63) is 23.8 Å². The van der Waals surface area contributed by atoms with Gasteiger partial charge in [0.1, 0.15) is 0 Å². The van der Waals surface area contributed by atoms with E-state index in [0.717, 1.165) is 63.6 Å². The fraction of sp³-hybridized carbons (Fsp3) is 0.611. The summed E-state index contributed by atoms with van der Waals surface area (Å²) in [7, 11) is 0. The maximum Gasteiger partial charge on any atom is 0.231 e. The van der Waals surface area contributed by atoms with Crippen LogP contribution in [0.3, 0.4) is 0 Å². The quantitative estimate of drug-likeness (QED) is 0.902. The van der Waals surface area contributed by atoms with Crippen molar-refractivity contribution in [2.24, 2.45) is 0 Å². The van der Waals surface area contributed by atoms with E-state index < -0.39 is 0 Å². The van der Waals surface area contributed by atoms with Crippen LogP contribution in [-0.2, 0) is 11.3 Å². The molecule has 6 nitrogen and oxygen atoms in total. The zero-order valence-electron chi connectivity index (χ0n) is 14.0. The van der Waals surface area contributed by atoms with Crippen LogP contribution in [0.5, 0.6) is 11.5 Å². The maximum absolute atomic E-state index is 11.5. The van der Waals surface area contributed by atoms with Gasteiger partial charge < -0.3 is 14.8 Å². The molecule has 1 amide bonds. The van der Waals surface area contributed by atoms with E-state index in [4.69, 9.17) is 9.47 Å². The number of piperazine rings is 1. The average molecular weight is 331 g/mol. The molecule has 24 heavy (non-hydrogen) atoms. The first kappa shape index (κ1) is 15.7. The minimum Gasteiger partial charge on any atom is -0.454 e. The summed E-state index contributed by atoms with van der Waals surface area (Å²) in [6, 6.07) is 6.67. The Kier molecular flexibility index (Phi) is 4.58. The molecule has 1 aromatic rings. The summed E-state index contributed by atoms with van der Waals surface area (Å²) in [6.45, 7) is 6.32. The number of hydrogen-bond acceptors (Lipinski definition) is 5. The molecule has 2 saturated heterocycles. The highest BCUT2D eigenvalue weighted by Gasteiger charge is 2.27. The van der Waals surface area contributed by atoms with Crippen molar-refractivity contribution in [2.75, 3.05) is 39.5 Å². The smallest absolute Gasteiger partial charge is 0.231 e. The Balaban J connectivity index is 1.32. The molecule has 4 rings (SSSR count). The van der Waals surface area contributed by atoms with E-state index >= 15 is 0 Å². The summed E-state index contributed by atoms with van der Waals surface area (Å²) in [5.41, 5.74) is 1.21. The van der Waals surface area contributed by atoms with Crippen LogP contribution in [0.1, 0.15) is 24.8 Å². The SMILES string of the molecule is O=C1CC[C@@H](N2CCN(Cc3cccc4c3OCO4)CC2)CCN1. The van der Waals surface area contributed by atoms with Crippen LogP contribution in [0.2, 0.25) is 0 Å². The third kappa shape index (κ3) is 3.35. The van der Waals surface area contributed by atoms with Gasteiger partial charge in [-0.25, -0.2) is 0 Å². The first-order valence-corrected chi connectivity index (χ1v) is 8.90. The lowest BCUT2D eigenvalue weighted by Crippen LogP contribution is -2.50. The van der Waals surface area contributed by atoms with Crippen molar-refractivity contribution < 1.29 is 14.3 Å². The Labute approximate surface area is 142 Å². The lowest BCUT2D eigenvalue weighted by atomic mass is 10.1. The summed E-state index contributed by atoms with van der Waals surface area (Å²) in [5, 5.41) is 2.98. The average Bonchev–Trinajstić information content (AvgIpc) is 2.98. The Morgan fingerprint density at radius 1 is 1.12 bits per heavy atom. The lowest BCUT2D eigenvalue weighted by Gasteiger charge is -2.39. The summed E-state index contributed by atoms with van der Waals surface area (Å²) in [5.74, 6) is 1.98. The molecule has 0 radical (unpaired) electrons. The van der Waals surface area contributed by atoms with Gasteiger partial charge in [0.25, 0.3) is 0 Å². The molecule has 0 aromatic heterocycles. The highest BCUT2D eigenvalue weighted by Crippen LogP contribution is 2.36. The zero-order chi connectivity index (χ0) is 16.4. The third-order valence-corrected chi connectivity index (χ3v) is 5.30. The van der Waals surface area contributed by atoms with Crippen LogP contribution < -0.4 is 14.8 Å². The van der Waals surface area contributed by atoms with Crippen molar-refractivity contribution in [3.8, 4) is 11.5 Å². The number of fused-ring (bicyclic) bond motifs is 1. The number of nitrogens with zero attached hydrogens (tertiary/aromatic N) is 2. The second-order valence-corrected chi connectivity index (χ2v) is 6.79. The van der Waals surface area contributed by atoms with Crippen LogP contribution in [0.15, 0.2) is 18.2 Å². The highest BCUT2D eigenvalue weighted by molar-refractivity contribution is 5.76. The Bertz CT molecular complexity index is 599. The molecule has 3 aliphatic heterocycles. The van der Waals surface area contributed by atoms with E-state index in [-0.39, 0.29) is 5.91 Å². The molecule has 0 spiro atoms. The molecule has 0 unspecified atom stereocenters. The molecule has 2 fully saturated rings. The zero-order valence-corrected chi connectivity index (χ0v) is 14.0. The number of carbonyl (C=O) groups is 1. The van der Waals surface area contributed by atoms with Gasteiger partial charge in [-0.3, -0.25) is 14.6 Å². The summed E-state index contributed by atoms with van der Waals surface area (Å²) < 4.78 is 11.1. The molecule has 130 valence electrons. The number of rotatable bonds is 3. The lowest BCUT2D eigenvalue weighted by molar-refractivity contribution is -0.120. The molecule has 3 aliphatic rings. The number of ether oxygens (including phenoxy) is 2. The van der Waals surface area contributed by atoms with Crippen LogP contribution in [0, 0.1) is 0 Å². The number of hydrogen-bond donors (Lipinski definition) is 1. The predicted molar refractivity (Wildman–Crippen MR) is 90.1 cm³/mol. The molecule has 1 atom stereocenters. The topological polar surface area (TPSA) is 54.0 Å². The maximum atomic E-state index is 11.5. The van der Waals surface area contributed by atoms with Gasteiger partial charge in [0, 0.05) is 57.3 Å². The Morgan fingerprint density at radius 2 is 2.00 bits per heavy atom. The van der Waals surface area contributed by atoms with E-state index in [1.807, 2.05) is 12.1 Å². The van der Waals surface area contributed by atoms with Crippen molar-refractivity contribution in [1.29, 1.82) is 0 Å². The van der Waals surface area contributed by atoms with E-state index in [0.29, 0.717) is 19.3 Å². The second kappa shape index (κ2) is 6.99. The van der Waals surface area contributed by atoms with Gasteiger partial charge in [-0.15, -0.1) is 0 Å². The first-order chi connectivity index (χ1) is 11.8. The minimum atomic E-state index is 0.205. The molecule has 0 bridgehead atoms. The van der Waals surface area contributed by atoms with Gasteiger partial charge in [0.05, 0.1) is 0 Å². The van der Waals surface area contributed by atoms with Crippen LogP contribution >= 0.6 is 0 Å². The van der Waals surface area contributed by atoms with Crippen LogP contribution in [0.4, 0.5) is 0 Å². The minimum absolute atomic E-state index is 0.205. The highest BCUT2D eigenvalue weighted by atomic mass is 16.7. The van der Waals surface area contributed by atoms with Gasteiger partial charge in [-0.1, -0.05) is 12.1 Å². The summed E-state index contributed by atoms with van der Waals surface area (Å²) in [4.78, 5) is 16.5. The normalized spacial score (nSPS) is 25.3. The predicted octanol–water partition coefficient (Wildman–Crippen LogP) is 1.20. The van der Waals surface area contributed by atoms with Gasteiger partial charge in [0.2, 0.25) is 12.7 Å². The molecule has 1 aromatic carbocycles. The number of amides is 1. The Hall–Kier alpha value is -1.79. The number of para-hydroxylation sites is 1. The number of nitrogens with one attached hydrogen (secondary N) is 1. The largest absolute Gasteiger partial charge is 0.454 e. The fourth-order valence-electron chi connectivity index (χ4n) is 3.92. The fourth-order valence-corrected chi connectivity index (χ4v) is 3.92. The van der Waals surface area contributed by atoms with Crippen molar-refractivity contribution in [2.45, 2.75) is 31.8 Å². The van der Waals surface area contributed by atoms with Crippen molar-refractivity contribution in [1.82, 2.24) is 15.1 Å². The molecule has 6 heteroatoms. The third-order valence-electron chi connectivity index (χ3n) is 5.30. The molecule has 3 heterocycles. The van der Waals surface area contributed by atoms with Gasteiger partial charge in [-0.05, 0) is 18.9 Å². The number of benzene rings is 1. The number of carbonyl (C=O) groups excluding carboxylic acids is 1.